The number of carbonyl (C=O) groups is 2. The zero-order chi connectivity index (χ0) is 28.5. The summed E-state index contributed by atoms with van der Waals surface area (Å²) >= 11 is 0. The van der Waals surface area contributed by atoms with E-state index >= 15 is 0 Å². The normalized spacial score (nSPS) is 19.0. The molecule has 1 aliphatic carbocycles. The minimum atomic E-state index is -4.77. The summed E-state index contributed by atoms with van der Waals surface area (Å²) in [7, 11) is 2.78. The maximum atomic E-state index is 13.0. The van der Waals surface area contributed by atoms with Crippen LogP contribution in [0, 0.1) is 11.3 Å². The fraction of sp³-hybridized carbons (Fsp3) is 0.464. The molecule has 1 aliphatic rings. The third kappa shape index (κ3) is 6.82. The molecule has 0 radical (unpaired) electrons. The molecule has 1 amide bonds. The number of anilines is 2. The predicted molar refractivity (Wildman–Crippen MR) is 141 cm³/mol. The molecular weight excluding hydrogens is 513 g/mol. The summed E-state index contributed by atoms with van der Waals surface area (Å²) in [5.74, 6) is -0.182. The van der Waals surface area contributed by atoms with E-state index in [1.807, 2.05) is 6.07 Å². The topological polar surface area (TPSA) is 85.7 Å². The lowest BCUT2D eigenvalue weighted by Gasteiger charge is -2.40. The molecule has 1 N–H and O–H groups in total. The molecule has 1 heterocycles. The van der Waals surface area contributed by atoms with Crippen molar-refractivity contribution < 1.29 is 32.2 Å². The molecule has 1 saturated carbocycles. The van der Waals surface area contributed by atoms with Crippen molar-refractivity contribution in [2.24, 2.45) is 11.3 Å². The number of likely N-dealkylation sites (N-methyl/N-ethyl adjacent to an activating group) is 1. The van der Waals surface area contributed by atoms with E-state index in [9.17, 15) is 22.8 Å². The number of carbonyl (C=O) groups excluding carboxylic acids is 2. The van der Waals surface area contributed by atoms with Gasteiger partial charge in [-0.3, -0.25) is 9.59 Å². The van der Waals surface area contributed by atoms with E-state index in [-0.39, 0.29) is 29.7 Å². The van der Waals surface area contributed by atoms with Gasteiger partial charge in [-0.1, -0.05) is 20.8 Å². The van der Waals surface area contributed by atoms with E-state index < -0.39 is 12.3 Å². The lowest BCUT2D eigenvalue weighted by atomic mass is 9.70. The summed E-state index contributed by atoms with van der Waals surface area (Å²) in [4.78, 5) is 30.7. The standard InChI is InChI=1S/C28H33F3N4O4/c1-17-12-20(15-27(2,3)14-17)35-23-11-6-18(25(37)34(4)16-24(36)38-5)13-22(23)33-26(35)32-19-7-9-21(10-8-19)39-28(29,30)31/h6-11,13,17,20H,12,14-16H2,1-5H3,(H,32,33)/t17-,20?/m0/s1. The van der Waals surface area contributed by atoms with Crippen molar-refractivity contribution in [2.45, 2.75) is 52.4 Å². The Hall–Kier alpha value is -3.76. The number of hydrogen-bond acceptors (Lipinski definition) is 6. The summed E-state index contributed by atoms with van der Waals surface area (Å²) in [6, 6.07) is 10.8. The van der Waals surface area contributed by atoms with Crippen LogP contribution in [0.15, 0.2) is 42.5 Å². The van der Waals surface area contributed by atoms with Crippen LogP contribution in [0.3, 0.4) is 0 Å². The summed E-state index contributed by atoms with van der Waals surface area (Å²) < 4.78 is 48.5. The van der Waals surface area contributed by atoms with Gasteiger partial charge in [0.25, 0.3) is 5.91 Å². The van der Waals surface area contributed by atoms with Gasteiger partial charge < -0.3 is 24.3 Å². The second-order valence-electron chi connectivity index (χ2n) is 11.0. The van der Waals surface area contributed by atoms with E-state index in [1.165, 1.54) is 43.3 Å². The molecular formula is C28H33F3N4O4. The van der Waals surface area contributed by atoms with Crippen molar-refractivity contribution in [3.63, 3.8) is 0 Å². The number of hydrogen-bond donors (Lipinski definition) is 1. The fourth-order valence-corrected chi connectivity index (χ4v) is 5.60. The SMILES string of the molecule is COC(=O)CN(C)C(=O)c1ccc2c(c1)nc(Nc1ccc(OC(F)(F)F)cc1)n2C1C[C@H](C)CC(C)(C)C1. The lowest BCUT2D eigenvalue weighted by molar-refractivity contribution is -0.274. The number of amides is 1. The van der Waals surface area contributed by atoms with Gasteiger partial charge in [0.2, 0.25) is 5.95 Å². The molecule has 210 valence electrons. The molecule has 0 bridgehead atoms. The Labute approximate surface area is 225 Å². The molecule has 0 spiro atoms. The first kappa shape index (κ1) is 28.3. The number of methoxy groups -OCH3 is 1. The molecule has 3 aromatic rings. The van der Waals surface area contributed by atoms with Gasteiger partial charge in [-0.05, 0) is 73.1 Å². The highest BCUT2D eigenvalue weighted by Crippen LogP contribution is 2.46. The Kier molecular flexibility index (Phi) is 7.81. The Balaban J connectivity index is 1.71. The second kappa shape index (κ2) is 10.8. The number of fused-ring (bicyclic) bond motifs is 1. The van der Waals surface area contributed by atoms with Gasteiger partial charge in [0.1, 0.15) is 12.3 Å². The smallest absolute Gasteiger partial charge is 0.468 e. The van der Waals surface area contributed by atoms with Crippen LogP contribution in [0.4, 0.5) is 24.8 Å². The number of alkyl halides is 3. The van der Waals surface area contributed by atoms with Crippen molar-refractivity contribution in [1.82, 2.24) is 14.5 Å². The summed E-state index contributed by atoms with van der Waals surface area (Å²) in [6.07, 6.45) is -1.82. The van der Waals surface area contributed by atoms with E-state index in [4.69, 9.17) is 4.98 Å². The van der Waals surface area contributed by atoms with Crippen LogP contribution in [-0.4, -0.2) is 53.4 Å². The highest BCUT2D eigenvalue weighted by molar-refractivity contribution is 5.99. The summed E-state index contributed by atoms with van der Waals surface area (Å²) in [6.45, 7) is 6.54. The van der Waals surface area contributed by atoms with Gasteiger partial charge in [0.15, 0.2) is 0 Å². The highest BCUT2D eigenvalue weighted by Gasteiger charge is 2.35. The average Bonchev–Trinajstić information content (AvgIpc) is 3.19. The number of rotatable bonds is 7. The molecule has 1 unspecified atom stereocenters. The van der Waals surface area contributed by atoms with E-state index in [0.717, 1.165) is 24.8 Å². The van der Waals surface area contributed by atoms with Crippen LogP contribution in [-0.2, 0) is 9.53 Å². The number of benzene rings is 2. The van der Waals surface area contributed by atoms with Gasteiger partial charge in [-0.15, -0.1) is 13.2 Å². The number of nitrogens with zero attached hydrogens (tertiary/aromatic N) is 3. The third-order valence-corrected chi connectivity index (χ3v) is 6.95. The first-order chi connectivity index (χ1) is 18.2. The zero-order valence-electron chi connectivity index (χ0n) is 22.6. The van der Waals surface area contributed by atoms with Gasteiger partial charge in [-0.25, -0.2) is 4.98 Å². The average molecular weight is 547 g/mol. The molecule has 39 heavy (non-hydrogen) atoms. The summed E-state index contributed by atoms with van der Waals surface area (Å²) in [5.41, 5.74) is 2.44. The quantitative estimate of drug-likeness (QED) is 0.350. The number of halogens is 3. The summed E-state index contributed by atoms with van der Waals surface area (Å²) in [5, 5.41) is 3.26. The van der Waals surface area contributed by atoms with Crippen molar-refractivity contribution in [2.75, 3.05) is 26.0 Å². The van der Waals surface area contributed by atoms with Gasteiger partial charge in [0, 0.05) is 24.3 Å². The molecule has 8 nitrogen and oxygen atoms in total. The second-order valence-corrected chi connectivity index (χ2v) is 11.0. The number of esters is 1. The molecule has 11 heteroatoms. The van der Waals surface area contributed by atoms with Crippen molar-refractivity contribution in [3.8, 4) is 5.75 Å². The molecule has 0 aliphatic heterocycles. The van der Waals surface area contributed by atoms with Crippen LogP contribution in [0.5, 0.6) is 5.75 Å². The van der Waals surface area contributed by atoms with Crippen LogP contribution in [0.1, 0.15) is 56.4 Å². The van der Waals surface area contributed by atoms with Crippen molar-refractivity contribution >= 4 is 34.5 Å². The van der Waals surface area contributed by atoms with Gasteiger partial charge >= 0.3 is 12.3 Å². The Morgan fingerprint density at radius 1 is 1.15 bits per heavy atom. The third-order valence-electron chi connectivity index (χ3n) is 6.95. The molecule has 2 atom stereocenters. The highest BCUT2D eigenvalue weighted by atomic mass is 19.4. The van der Waals surface area contributed by atoms with E-state index in [1.54, 1.807) is 12.1 Å². The largest absolute Gasteiger partial charge is 0.573 e. The number of ether oxygens (including phenoxy) is 2. The van der Waals surface area contributed by atoms with E-state index in [2.05, 4.69) is 40.1 Å². The Morgan fingerprint density at radius 2 is 1.85 bits per heavy atom. The molecule has 1 fully saturated rings. The zero-order valence-corrected chi connectivity index (χ0v) is 22.6. The monoisotopic (exact) mass is 546 g/mol. The van der Waals surface area contributed by atoms with E-state index in [0.29, 0.717) is 28.6 Å². The molecule has 4 rings (SSSR count). The number of imidazole rings is 1. The maximum absolute atomic E-state index is 13.0. The minimum Gasteiger partial charge on any atom is -0.468 e. The fourth-order valence-electron chi connectivity index (χ4n) is 5.60. The molecule has 1 aromatic heterocycles. The van der Waals surface area contributed by atoms with Crippen molar-refractivity contribution in [1.29, 1.82) is 0 Å². The molecule has 0 saturated heterocycles. The maximum Gasteiger partial charge on any atom is 0.573 e. The Morgan fingerprint density at radius 3 is 2.46 bits per heavy atom. The van der Waals surface area contributed by atoms with Crippen LogP contribution >= 0.6 is 0 Å². The first-order valence-electron chi connectivity index (χ1n) is 12.7. The van der Waals surface area contributed by atoms with Crippen LogP contribution in [0.25, 0.3) is 11.0 Å². The number of nitrogens with one attached hydrogen (secondary N) is 1. The van der Waals surface area contributed by atoms with Gasteiger partial charge in [0.05, 0.1) is 18.1 Å². The molecule has 2 aromatic carbocycles. The van der Waals surface area contributed by atoms with Crippen LogP contribution < -0.4 is 10.1 Å². The van der Waals surface area contributed by atoms with Crippen molar-refractivity contribution in [3.05, 3.63) is 48.0 Å². The minimum absolute atomic E-state index is 0.110. The van der Waals surface area contributed by atoms with Gasteiger partial charge in [-0.2, -0.15) is 0 Å². The first-order valence-corrected chi connectivity index (χ1v) is 12.7. The predicted octanol–water partition coefficient (Wildman–Crippen LogP) is 6.31. The van der Waals surface area contributed by atoms with Crippen LogP contribution in [0.2, 0.25) is 0 Å². The number of aromatic nitrogens is 2. The lowest BCUT2D eigenvalue weighted by Crippen LogP contribution is -2.32. The Bertz CT molecular complexity index is 1350.